The van der Waals surface area contributed by atoms with Crippen LogP contribution in [0.4, 0.5) is 0 Å². The van der Waals surface area contributed by atoms with Crippen molar-refractivity contribution in [3.63, 3.8) is 0 Å². The van der Waals surface area contributed by atoms with Gasteiger partial charge in [0.1, 0.15) is 0 Å². The van der Waals surface area contributed by atoms with Crippen molar-refractivity contribution in [3.8, 4) is 0 Å². The third-order valence-electron chi connectivity index (χ3n) is 5.06. The highest BCUT2D eigenvalue weighted by atomic mass is 32.2. The van der Waals surface area contributed by atoms with Gasteiger partial charge in [-0.2, -0.15) is 0 Å². The average Bonchev–Trinajstić information content (AvgIpc) is 2.59. The molecular formula is C18H30N4O2S. The number of benzene rings is 1. The Morgan fingerprint density at radius 3 is 2.32 bits per heavy atom. The van der Waals surface area contributed by atoms with Crippen molar-refractivity contribution < 1.29 is 8.42 Å². The summed E-state index contributed by atoms with van der Waals surface area (Å²) in [4.78, 5) is 4.89. The van der Waals surface area contributed by atoms with Crippen molar-refractivity contribution in [1.82, 2.24) is 15.4 Å². The molecule has 0 atom stereocenters. The van der Waals surface area contributed by atoms with Gasteiger partial charge in [0.25, 0.3) is 0 Å². The molecule has 1 aliphatic carbocycles. The summed E-state index contributed by atoms with van der Waals surface area (Å²) in [6.07, 6.45) is 5.10. The van der Waals surface area contributed by atoms with Gasteiger partial charge in [0.2, 0.25) is 10.0 Å². The zero-order chi connectivity index (χ0) is 18.3. The zero-order valence-corrected chi connectivity index (χ0v) is 16.2. The van der Waals surface area contributed by atoms with E-state index in [9.17, 15) is 8.42 Å². The van der Waals surface area contributed by atoms with Crippen molar-refractivity contribution in [3.05, 3.63) is 29.8 Å². The van der Waals surface area contributed by atoms with E-state index in [1.807, 2.05) is 6.92 Å². The molecule has 1 fully saturated rings. The third-order valence-corrected chi connectivity index (χ3v) is 6.49. The molecule has 0 saturated heterocycles. The van der Waals surface area contributed by atoms with E-state index in [0.717, 1.165) is 24.6 Å². The Morgan fingerprint density at radius 2 is 1.84 bits per heavy atom. The summed E-state index contributed by atoms with van der Waals surface area (Å²) in [7, 11) is -1.98. The molecule has 7 heteroatoms. The molecule has 2 rings (SSSR count). The first-order valence-corrected chi connectivity index (χ1v) is 10.5. The number of aliphatic imine (C=N–C) groups is 1. The van der Waals surface area contributed by atoms with Gasteiger partial charge in [-0.05, 0) is 56.3 Å². The predicted molar refractivity (Wildman–Crippen MR) is 102 cm³/mol. The first-order chi connectivity index (χ1) is 11.9. The summed E-state index contributed by atoms with van der Waals surface area (Å²) in [6.45, 7) is 6.58. The summed E-state index contributed by atoms with van der Waals surface area (Å²) in [5, 5.41) is 6.74. The van der Waals surface area contributed by atoms with Gasteiger partial charge in [-0.15, -0.1) is 0 Å². The molecule has 0 unspecified atom stereocenters. The molecule has 1 saturated carbocycles. The summed E-state index contributed by atoms with van der Waals surface area (Å²) >= 11 is 0. The SMILES string of the molecule is CCNC(=NCc1ccc(S(=O)(=O)NC)cc1)NCC1(CC)CCC1. The normalized spacial score (nSPS) is 17.0. The molecule has 1 aliphatic rings. The molecule has 0 aliphatic heterocycles. The molecule has 0 heterocycles. The van der Waals surface area contributed by atoms with E-state index in [1.54, 1.807) is 24.3 Å². The monoisotopic (exact) mass is 366 g/mol. The highest BCUT2D eigenvalue weighted by Gasteiger charge is 2.34. The van der Waals surface area contributed by atoms with E-state index >= 15 is 0 Å². The second-order valence-corrected chi connectivity index (χ2v) is 8.49. The van der Waals surface area contributed by atoms with Gasteiger partial charge in [-0.25, -0.2) is 18.1 Å². The standard InChI is InChI=1S/C18H30N4O2S/c1-4-18(11-6-12-18)14-22-17(20-5-2)21-13-15-7-9-16(10-8-15)25(23,24)19-3/h7-10,19H,4-6,11-14H2,1-3H3,(H2,20,21,22). The van der Waals surface area contributed by atoms with Crippen LogP contribution in [0.2, 0.25) is 0 Å². The van der Waals surface area contributed by atoms with Crippen LogP contribution < -0.4 is 15.4 Å². The molecule has 0 radical (unpaired) electrons. The Labute approximate surface area is 151 Å². The lowest BCUT2D eigenvalue weighted by atomic mass is 9.67. The number of hydrogen-bond donors (Lipinski definition) is 3. The fraction of sp³-hybridized carbons (Fsp3) is 0.611. The molecule has 0 bridgehead atoms. The maximum atomic E-state index is 11.7. The van der Waals surface area contributed by atoms with Gasteiger partial charge in [0, 0.05) is 13.1 Å². The van der Waals surface area contributed by atoms with Crippen LogP contribution in [0.1, 0.15) is 45.1 Å². The first-order valence-electron chi connectivity index (χ1n) is 8.99. The second kappa shape index (κ2) is 8.67. The highest BCUT2D eigenvalue weighted by molar-refractivity contribution is 7.89. The molecule has 0 amide bonds. The Hall–Kier alpha value is -1.60. The minimum absolute atomic E-state index is 0.266. The fourth-order valence-corrected chi connectivity index (χ4v) is 3.74. The smallest absolute Gasteiger partial charge is 0.240 e. The number of nitrogens with one attached hydrogen (secondary N) is 3. The third kappa shape index (κ3) is 5.19. The second-order valence-electron chi connectivity index (χ2n) is 6.61. The van der Waals surface area contributed by atoms with Crippen LogP contribution in [0.3, 0.4) is 0 Å². The number of hydrogen-bond acceptors (Lipinski definition) is 3. The lowest BCUT2D eigenvalue weighted by molar-refractivity contribution is 0.131. The zero-order valence-electron chi connectivity index (χ0n) is 15.4. The molecule has 3 N–H and O–H groups in total. The number of sulfonamides is 1. The fourth-order valence-electron chi connectivity index (χ4n) is 3.01. The van der Waals surface area contributed by atoms with E-state index < -0.39 is 10.0 Å². The largest absolute Gasteiger partial charge is 0.357 e. The van der Waals surface area contributed by atoms with Crippen LogP contribution in [0.25, 0.3) is 0 Å². The number of guanidine groups is 1. The van der Waals surface area contributed by atoms with Crippen LogP contribution >= 0.6 is 0 Å². The molecule has 1 aromatic carbocycles. The molecular weight excluding hydrogens is 336 g/mol. The van der Waals surface area contributed by atoms with Gasteiger partial charge in [-0.3, -0.25) is 0 Å². The van der Waals surface area contributed by atoms with Crippen molar-refractivity contribution >= 4 is 16.0 Å². The van der Waals surface area contributed by atoms with E-state index in [1.165, 1.54) is 32.7 Å². The number of rotatable bonds is 8. The van der Waals surface area contributed by atoms with Crippen molar-refractivity contribution in [2.45, 2.75) is 51.0 Å². The minimum atomic E-state index is -3.39. The summed E-state index contributed by atoms with van der Waals surface area (Å²) < 4.78 is 25.8. The van der Waals surface area contributed by atoms with Crippen molar-refractivity contribution in [2.75, 3.05) is 20.1 Å². The van der Waals surface area contributed by atoms with E-state index in [4.69, 9.17) is 0 Å². The van der Waals surface area contributed by atoms with Gasteiger partial charge in [-0.1, -0.05) is 25.5 Å². The van der Waals surface area contributed by atoms with Crippen LogP contribution in [0.15, 0.2) is 34.2 Å². The van der Waals surface area contributed by atoms with E-state index in [-0.39, 0.29) is 4.90 Å². The van der Waals surface area contributed by atoms with Crippen LogP contribution in [-0.4, -0.2) is 34.5 Å². The first kappa shape index (κ1) is 19.7. The molecule has 0 spiro atoms. The topological polar surface area (TPSA) is 82.6 Å². The molecule has 6 nitrogen and oxygen atoms in total. The van der Waals surface area contributed by atoms with Gasteiger partial charge < -0.3 is 10.6 Å². The molecule has 1 aromatic rings. The van der Waals surface area contributed by atoms with Crippen molar-refractivity contribution in [1.29, 1.82) is 0 Å². The molecule has 25 heavy (non-hydrogen) atoms. The molecule has 140 valence electrons. The van der Waals surface area contributed by atoms with Crippen LogP contribution in [-0.2, 0) is 16.6 Å². The van der Waals surface area contributed by atoms with E-state index in [0.29, 0.717) is 12.0 Å². The van der Waals surface area contributed by atoms with Crippen LogP contribution in [0, 0.1) is 5.41 Å². The van der Waals surface area contributed by atoms with Gasteiger partial charge in [0.15, 0.2) is 5.96 Å². The predicted octanol–water partition coefficient (Wildman–Crippen LogP) is 2.23. The van der Waals surface area contributed by atoms with Crippen LogP contribution in [0.5, 0.6) is 0 Å². The molecule has 0 aromatic heterocycles. The maximum absolute atomic E-state index is 11.7. The Bertz CT molecular complexity index is 674. The number of nitrogens with zero attached hydrogens (tertiary/aromatic N) is 1. The van der Waals surface area contributed by atoms with E-state index in [2.05, 4.69) is 27.3 Å². The minimum Gasteiger partial charge on any atom is -0.357 e. The summed E-state index contributed by atoms with van der Waals surface area (Å²) in [6, 6.07) is 6.82. The summed E-state index contributed by atoms with van der Waals surface area (Å²) in [5.74, 6) is 0.814. The lowest BCUT2D eigenvalue weighted by Crippen LogP contribution is -2.46. The summed E-state index contributed by atoms with van der Waals surface area (Å²) in [5.41, 5.74) is 1.40. The Kier molecular flexibility index (Phi) is 6.84. The quantitative estimate of drug-likeness (QED) is 0.487. The highest BCUT2D eigenvalue weighted by Crippen LogP contribution is 2.42. The van der Waals surface area contributed by atoms with Crippen molar-refractivity contribution in [2.24, 2.45) is 10.4 Å². The Balaban J connectivity index is 1.98. The lowest BCUT2D eigenvalue weighted by Gasteiger charge is -2.41. The maximum Gasteiger partial charge on any atom is 0.240 e. The van der Waals surface area contributed by atoms with Gasteiger partial charge >= 0.3 is 0 Å². The van der Waals surface area contributed by atoms with Gasteiger partial charge in [0.05, 0.1) is 11.4 Å². The average molecular weight is 367 g/mol. The Morgan fingerprint density at radius 1 is 1.16 bits per heavy atom.